The predicted molar refractivity (Wildman–Crippen MR) is 77.1 cm³/mol. The fourth-order valence-corrected chi connectivity index (χ4v) is 2.66. The van der Waals surface area contributed by atoms with Crippen molar-refractivity contribution in [1.82, 2.24) is 10.3 Å². The highest BCUT2D eigenvalue weighted by atomic mass is 35.5. The molecule has 0 unspecified atom stereocenters. The van der Waals surface area contributed by atoms with Crippen LogP contribution in [0.5, 0.6) is 0 Å². The maximum absolute atomic E-state index is 11.5. The van der Waals surface area contributed by atoms with Gasteiger partial charge in [-0.2, -0.15) is 0 Å². The average Bonchev–Trinajstić information content (AvgIpc) is 2.70. The van der Waals surface area contributed by atoms with Crippen LogP contribution in [-0.2, 0) is 4.79 Å². The lowest BCUT2D eigenvalue weighted by atomic mass is 10.3. The van der Waals surface area contributed by atoms with Gasteiger partial charge < -0.3 is 0 Å². The number of fused-ring (bicyclic) bond motifs is 1. The van der Waals surface area contributed by atoms with Gasteiger partial charge in [0.2, 0.25) is 5.91 Å². The van der Waals surface area contributed by atoms with Crippen LogP contribution >= 0.6 is 34.5 Å². The number of rotatable bonds is 3. The number of halogens is 2. The van der Waals surface area contributed by atoms with Crippen molar-refractivity contribution in [3.8, 4) is 0 Å². The lowest BCUT2D eigenvalue weighted by molar-refractivity contribution is -0.119. The van der Waals surface area contributed by atoms with E-state index in [4.69, 9.17) is 23.2 Å². The Hall–Kier alpha value is -1.37. The zero-order valence-electron chi connectivity index (χ0n) is 9.57. The van der Waals surface area contributed by atoms with E-state index in [1.807, 2.05) is 0 Å². The van der Waals surface area contributed by atoms with E-state index in [9.17, 15) is 9.59 Å². The van der Waals surface area contributed by atoms with Crippen molar-refractivity contribution in [3.63, 3.8) is 0 Å². The molecule has 1 aromatic carbocycles. The Bertz CT molecular complexity index is 629. The first kappa shape index (κ1) is 14.0. The maximum atomic E-state index is 11.5. The van der Waals surface area contributed by atoms with Gasteiger partial charge in [-0.3, -0.25) is 15.4 Å². The van der Waals surface area contributed by atoms with Crippen LogP contribution in [0, 0.1) is 0 Å². The molecule has 0 saturated heterocycles. The molecule has 2 rings (SSSR count). The van der Waals surface area contributed by atoms with Gasteiger partial charge in [0.05, 0.1) is 10.2 Å². The molecule has 1 heterocycles. The normalized spacial score (nSPS) is 10.4. The second kappa shape index (κ2) is 6.18. The van der Waals surface area contributed by atoms with E-state index in [1.165, 1.54) is 11.3 Å². The first-order valence-electron chi connectivity index (χ1n) is 5.31. The van der Waals surface area contributed by atoms with Crippen molar-refractivity contribution in [3.05, 3.63) is 23.2 Å². The van der Waals surface area contributed by atoms with Crippen molar-refractivity contribution >= 4 is 61.8 Å². The monoisotopic (exact) mass is 317 g/mol. The topological polar surface area (TPSA) is 71.1 Å². The van der Waals surface area contributed by atoms with Gasteiger partial charge >= 0.3 is 6.03 Å². The minimum absolute atomic E-state index is 0.0877. The van der Waals surface area contributed by atoms with Crippen LogP contribution in [0.3, 0.4) is 0 Å². The van der Waals surface area contributed by atoms with Crippen LogP contribution in [0.4, 0.5) is 9.93 Å². The summed E-state index contributed by atoms with van der Waals surface area (Å²) in [6.07, 6.45) is 0.0877. The molecule has 3 amide bonds. The van der Waals surface area contributed by atoms with Gasteiger partial charge in [0.15, 0.2) is 5.13 Å². The lowest BCUT2D eigenvalue weighted by Crippen LogP contribution is -2.34. The standard InChI is InChI=1S/C11H9Cl2N3O2S/c12-4-3-9(17)15-10(18)16-11-14-7-2-1-6(13)5-8(7)19-11/h1-2,5H,3-4H2,(H2,14,15,16,17,18). The van der Waals surface area contributed by atoms with E-state index in [0.717, 1.165) is 10.2 Å². The molecule has 0 aliphatic rings. The summed E-state index contributed by atoms with van der Waals surface area (Å²) in [5.41, 5.74) is 0.733. The fraction of sp³-hybridized carbons (Fsp3) is 0.182. The summed E-state index contributed by atoms with van der Waals surface area (Å²) < 4.78 is 0.856. The third kappa shape index (κ3) is 3.79. The highest BCUT2D eigenvalue weighted by molar-refractivity contribution is 7.22. The summed E-state index contributed by atoms with van der Waals surface area (Å²) in [7, 11) is 0. The van der Waals surface area contributed by atoms with E-state index in [-0.39, 0.29) is 12.3 Å². The third-order valence-electron chi connectivity index (χ3n) is 2.15. The molecule has 2 aromatic rings. The van der Waals surface area contributed by atoms with Crippen molar-refractivity contribution in [2.45, 2.75) is 6.42 Å². The number of anilines is 1. The van der Waals surface area contributed by atoms with Crippen molar-refractivity contribution in [1.29, 1.82) is 0 Å². The zero-order chi connectivity index (χ0) is 13.8. The number of hydrogen-bond donors (Lipinski definition) is 2. The van der Waals surface area contributed by atoms with E-state index >= 15 is 0 Å². The Labute approximate surface area is 122 Å². The molecule has 0 bridgehead atoms. The van der Waals surface area contributed by atoms with Gasteiger partial charge in [-0.05, 0) is 18.2 Å². The minimum Gasteiger partial charge on any atom is -0.283 e. The number of nitrogens with one attached hydrogen (secondary N) is 2. The van der Waals surface area contributed by atoms with Gasteiger partial charge in [-0.1, -0.05) is 22.9 Å². The molecule has 0 fully saturated rings. The predicted octanol–water partition coefficient (Wildman–Crippen LogP) is 3.23. The summed E-state index contributed by atoms with van der Waals surface area (Å²) in [5.74, 6) is -0.268. The highest BCUT2D eigenvalue weighted by Gasteiger charge is 2.10. The summed E-state index contributed by atoms with van der Waals surface area (Å²) in [4.78, 5) is 26.9. The van der Waals surface area contributed by atoms with Crippen molar-refractivity contribution in [2.75, 3.05) is 11.2 Å². The number of aromatic nitrogens is 1. The van der Waals surface area contributed by atoms with Gasteiger partial charge in [0.25, 0.3) is 0 Å². The number of carbonyl (C=O) groups is 2. The first-order chi connectivity index (χ1) is 9.08. The van der Waals surface area contributed by atoms with Crippen LogP contribution in [0.2, 0.25) is 5.02 Å². The molecule has 0 atom stereocenters. The lowest BCUT2D eigenvalue weighted by Gasteiger charge is -2.02. The number of imide groups is 1. The number of thiazole rings is 1. The number of amides is 3. The summed E-state index contributed by atoms with van der Waals surface area (Å²) in [6, 6.07) is 4.61. The van der Waals surface area contributed by atoms with E-state index in [2.05, 4.69) is 15.6 Å². The Morgan fingerprint density at radius 2 is 2.16 bits per heavy atom. The second-order valence-corrected chi connectivity index (χ2v) is 5.42. The molecule has 0 aliphatic heterocycles. The van der Waals surface area contributed by atoms with E-state index < -0.39 is 11.9 Å². The molecular weight excluding hydrogens is 309 g/mol. The van der Waals surface area contributed by atoms with Crippen LogP contribution in [0.15, 0.2) is 18.2 Å². The average molecular weight is 318 g/mol. The first-order valence-corrected chi connectivity index (χ1v) is 7.04. The molecule has 0 saturated carbocycles. The summed E-state index contributed by atoms with van der Waals surface area (Å²) in [5, 5.41) is 5.64. The SMILES string of the molecule is O=C(CCCl)NC(=O)Nc1nc2ccc(Cl)cc2s1. The molecule has 5 nitrogen and oxygen atoms in total. The molecule has 100 valence electrons. The highest BCUT2D eigenvalue weighted by Crippen LogP contribution is 2.28. The summed E-state index contributed by atoms with van der Waals surface area (Å²) in [6.45, 7) is 0. The number of hydrogen-bond acceptors (Lipinski definition) is 4. The van der Waals surface area contributed by atoms with Crippen molar-refractivity contribution < 1.29 is 9.59 Å². The molecule has 1 aromatic heterocycles. The van der Waals surface area contributed by atoms with Crippen molar-refractivity contribution in [2.24, 2.45) is 0 Å². The maximum Gasteiger partial charge on any atom is 0.327 e. The Morgan fingerprint density at radius 3 is 2.89 bits per heavy atom. The molecule has 0 spiro atoms. The second-order valence-electron chi connectivity index (χ2n) is 3.57. The molecule has 19 heavy (non-hydrogen) atoms. The van der Waals surface area contributed by atoms with Gasteiger partial charge in [0.1, 0.15) is 0 Å². The molecular formula is C11H9Cl2N3O2S. The van der Waals surface area contributed by atoms with Gasteiger partial charge in [-0.25, -0.2) is 9.78 Å². The third-order valence-corrected chi connectivity index (χ3v) is 3.50. The van der Waals surface area contributed by atoms with Gasteiger partial charge in [0, 0.05) is 17.3 Å². The van der Waals surface area contributed by atoms with Crippen LogP contribution in [0.25, 0.3) is 10.2 Å². The minimum atomic E-state index is -0.625. The van der Waals surface area contributed by atoms with Crippen LogP contribution in [0.1, 0.15) is 6.42 Å². The molecule has 8 heteroatoms. The van der Waals surface area contributed by atoms with E-state index in [0.29, 0.717) is 10.2 Å². The number of nitrogens with zero attached hydrogens (tertiary/aromatic N) is 1. The fourth-order valence-electron chi connectivity index (χ4n) is 1.36. The van der Waals surface area contributed by atoms with Crippen LogP contribution < -0.4 is 10.6 Å². The number of urea groups is 1. The largest absolute Gasteiger partial charge is 0.327 e. The Balaban J connectivity index is 2.05. The van der Waals surface area contributed by atoms with Gasteiger partial charge in [-0.15, -0.1) is 11.6 Å². The number of benzene rings is 1. The molecule has 2 N–H and O–H groups in total. The number of alkyl halides is 1. The molecule has 0 radical (unpaired) electrons. The zero-order valence-corrected chi connectivity index (χ0v) is 11.9. The summed E-state index contributed by atoms with van der Waals surface area (Å²) >= 11 is 12.5. The number of carbonyl (C=O) groups excluding carboxylic acids is 2. The van der Waals surface area contributed by atoms with Crippen LogP contribution in [-0.4, -0.2) is 22.8 Å². The Morgan fingerprint density at radius 1 is 1.37 bits per heavy atom. The molecule has 0 aliphatic carbocycles. The smallest absolute Gasteiger partial charge is 0.283 e. The van der Waals surface area contributed by atoms with E-state index in [1.54, 1.807) is 18.2 Å². The Kier molecular flexibility index (Phi) is 4.57. The quantitative estimate of drug-likeness (QED) is 0.854.